The molecule has 0 spiro atoms. The summed E-state index contributed by atoms with van der Waals surface area (Å²) in [4.78, 5) is 16.6. The lowest BCUT2D eigenvalue weighted by Crippen LogP contribution is -2.38. The van der Waals surface area contributed by atoms with E-state index in [1.165, 1.54) is 4.88 Å². The maximum atomic E-state index is 12.6. The van der Waals surface area contributed by atoms with Crippen molar-refractivity contribution < 1.29 is 13.9 Å². The Kier molecular flexibility index (Phi) is 6.20. The van der Waals surface area contributed by atoms with Crippen LogP contribution in [0.25, 0.3) is 10.8 Å². The molecule has 1 atom stereocenters. The first-order valence-electron chi connectivity index (χ1n) is 8.94. The second kappa shape index (κ2) is 8.58. The topological polar surface area (TPSA) is 68.5 Å². The molecule has 2 aromatic rings. The predicted octanol–water partition coefficient (Wildman–Crippen LogP) is 3.46. The van der Waals surface area contributed by atoms with Gasteiger partial charge in [0.1, 0.15) is 0 Å². The van der Waals surface area contributed by atoms with Gasteiger partial charge in [-0.25, -0.2) is 0 Å². The van der Waals surface area contributed by atoms with Crippen LogP contribution in [0.3, 0.4) is 0 Å². The first-order chi connectivity index (χ1) is 12.2. The van der Waals surface area contributed by atoms with Crippen LogP contribution >= 0.6 is 11.3 Å². The van der Waals surface area contributed by atoms with Crippen LogP contribution in [0.15, 0.2) is 16.5 Å². The largest absolute Gasteiger partial charge is 0.420 e. The predicted molar refractivity (Wildman–Crippen MR) is 96.5 cm³/mol. The van der Waals surface area contributed by atoms with Gasteiger partial charge in [0.2, 0.25) is 11.8 Å². The lowest BCUT2D eigenvalue weighted by molar-refractivity contribution is -0.132. The Bertz CT molecular complexity index is 691. The molecule has 1 amide bonds. The lowest BCUT2D eigenvalue weighted by atomic mass is 10.2. The molecule has 1 fully saturated rings. The van der Waals surface area contributed by atoms with E-state index in [1.54, 1.807) is 11.3 Å². The number of carbonyl (C=O) groups is 1. The molecule has 25 heavy (non-hydrogen) atoms. The smallest absolute Gasteiger partial charge is 0.257 e. The van der Waals surface area contributed by atoms with Gasteiger partial charge >= 0.3 is 0 Å². The standard InChI is InChI=1S/C18H25N3O3S/c1-3-10-21(12-14-5-4-11-23-14)17(22)9-8-16-19-20-18(24-16)15-7-6-13(2)25-15/h6-7,14H,3-5,8-12H2,1-2H3/t14-/m0/s1. The van der Waals surface area contributed by atoms with E-state index < -0.39 is 0 Å². The fourth-order valence-electron chi connectivity index (χ4n) is 3.00. The van der Waals surface area contributed by atoms with Crippen LogP contribution in [-0.2, 0) is 16.0 Å². The molecule has 136 valence electrons. The highest BCUT2D eigenvalue weighted by molar-refractivity contribution is 7.15. The SMILES string of the molecule is CCCN(C[C@@H]1CCCO1)C(=O)CCc1nnc(-c2ccc(C)s2)o1. The van der Waals surface area contributed by atoms with Crippen LogP contribution < -0.4 is 0 Å². The molecule has 0 saturated carbocycles. The molecule has 1 aliphatic heterocycles. The number of aryl methyl sites for hydroxylation is 2. The van der Waals surface area contributed by atoms with Crippen LogP contribution in [0.2, 0.25) is 0 Å². The molecule has 1 aliphatic rings. The van der Waals surface area contributed by atoms with E-state index in [0.29, 0.717) is 31.2 Å². The molecule has 2 aromatic heterocycles. The number of thiophene rings is 1. The zero-order valence-corrected chi connectivity index (χ0v) is 15.7. The summed E-state index contributed by atoms with van der Waals surface area (Å²) < 4.78 is 11.4. The third-order valence-corrected chi connectivity index (χ3v) is 5.25. The van der Waals surface area contributed by atoms with Crippen molar-refractivity contribution in [2.75, 3.05) is 19.7 Å². The van der Waals surface area contributed by atoms with Crippen molar-refractivity contribution >= 4 is 17.2 Å². The van der Waals surface area contributed by atoms with Crippen molar-refractivity contribution in [3.05, 3.63) is 22.9 Å². The molecule has 0 bridgehead atoms. The summed E-state index contributed by atoms with van der Waals surface area (Å²) in [5.74, 6) is 1.18. The fourth-order valence-corrected chi connectivity index (χ4v) is 3.79. The average Bonchev–Trinajstić information content (AvgIpc) is 3.33. The molecule has 6 nitrogen and oxygen atoms in total. The van der Waals surface area contributed by atoms with E-state index >= 15 is 0 Å². The zero-order chi connectivity index (χ0) is 17.6. The Labute approximate surface area is 152 Å². The van der Waals surface area contributed by atoms with Gasteiger partial charge in [-0.3, -0.25) is 4.79 Å². The summed E-state index contributed by atoms with van der Waals surface area (Å²) in [6, 6.07) is 4.01. The van der Waals surface area contributed by atoms with Crippen molar-refractivity contribution in [3.63, 3.8) is 0 Å². The first-order valence-corrected chi connectivity index (χ1v) is 9.76. The molecule has 0 unspecified atom stereocenters. The van der Waals surface area contributed by atoms with E-state index in [-0.39, 0.29) is 12.0 Å². The summed E-state index contributed by atoms with van der Waals surface area (Å²) >= 11 is 1.62. The number of aromatic nitrogens is 2. The van der Waals surface area contributed by atoms with Crippen LogP contribution in [0.5, 0.6) is 0 Å². The summed E-state index contributed by atoms with van der Waals surface area (Å²) in [7, 11) is 0. The molecule has 0 aromatic carbocycles. The van der Waals surface area contributed by atoms with E-state index in [4.69, 9.17) is 9.15 Å². The summed E-state index contributed by atoms with van der Waals surface area (Å²) in [5, 5.41) is 8.17. The molecule has 3 rings (SSSR count). The molecule has 0 N–H and O–H groups in total. The highest BCUT2D eigenvalue weighted by Gasteiger charge is 2.22. The minimum atomic E-state index is 0.129. The Morgan fingerprint density at radius 2 is 2.28 bits per heavy atom. The van der Waals surface area contributed by atoms with Crippen LogP contribution in [0.4, 0.5) is 0 Å². The van der Waals surface area contributed by atoms with Gasteiger partial charge in [-0.05, 0) is 38.3 Å². The summed E-state index contributed by atoms with van der Waals surface area (Å²) in [6.45, 7) is 6.40. The molecular weight excluding hydrogens is 338 g/mol. The summed E-state index contributed by atoms with van der Waals surface area (Å²) in [5.41, 5.74) is 0. The third-order valence-electron chi connectivity index (χ3n) is 4.26. The molecule has 3 heterocycles. The summed E-state index contributed by atoms with van der Waals surface area (Å²) in [6.07, 6.45) is 4.13. The highest BCUT2D eigenvalue weighted by Crippen LogP contribution is 2.26. The fraction of sp³-hybridized carbons (Fsp3) is 0.611. The van der Waals surface area contributed by atoms with Crippen molar-refractivity contribution in [2.45, 2.75) is 52.1 Å². The first kappa shape index (κ1) is 18.1. The van der Waals surface area contributed by atoms with E-state index in [2.05, 4.69) is 17.1 Å². The molecular formula is C18H25N3O3S. The zero-order valence-electron chi connectivity index (χ0n) is 14.9. The maximum Gasteiger partial charge on any atom is 0.257 e. The van der Waals surface area contributed by atoms with Gasteiger partial charge in [0.25, 0.3) is 5.89 Å². The second-order valence-corrected chi connectivity index (χ2v) is 7.67. The van der Waals surface area contributed by atoms with Crippen molar-refractivity contribution in [1.82, 2.24) is 15.1 Å². The molecule has 0 radical (unpaired) electrons. The number of amides is 1. The number of carbonyl (C=O) groups excluding carboxylic acids is 1. The molecule has 7 heteroatoms. The highest BCUT2D eigenvalue weighted by atomic mass is 32.1. The van der Waals surface area contributed by atoms with Gasteiger partial charge < -0.3 is 14.1 Å². The van der Waals surface area contributed by atoms with Crippen molar-refractivity contribution in [2.24, 2.45) is 0 Å². The van der Waals surface area contributed by atoms with E-state index in [1.807, 2.05) is 24.0 Å². The number of nitrogens with zero attached hydrogens (tertiary/aromatic N) is 3. The third kappa shape index (κ3) is 4.89. The number of ether oxygens (including phenoxy) is 1. The Morgan fingerprint density at radius 3 is 2.96 bits per heavy atom. The Morgan fingerprint density at radius 1 is 1.40 bits per heavy atom. The van der Waals surface area contributed by atoms with Crippen LogP contribution in [0.1, 0.15) is 43.4 Å². The minimum Gasteiger partial charge on any atom is -0.420 e. The number of hydrogen-bond acceptors (Lipinski definition) is 6. The molecule has 0 aliphatic carbocycles. The van der Waals surface area contributed by atoms with E-state index in [9.17, 15) is 4.79 Å². The quantitative estimate of drug-likeness (QED) is 0.718. The minimum absolute atomic E-state index is 0.129. The molecule has 1 saturated heterocycles. The van der Waals surface area contributed by atoms with Gasteiger partial charge in [0.15, 0.2) is 0 Å². The number of rotatable bonds is 8. The Hall–Kier alpha value is -1.73. The average molecular weight is 363 g/mol. The van der Waals surface area contributed by atoms with Gasteiger partial charge in [0.05, 0.1) is 11.0 Å². The monoisotopic (exact) mass is 363 g/mol. The maximum absolute atomic E-state index is 12.6. The van der Waals surface area contributed by atoms with Crippen molar-refractivity contribution in [1.29, 1.82) is 0 Å². The lowest BCUT2D eigenvalue weighted by Gasteiger charge is -2.25. The number of hydrogen-bond donors (Lipinski definition) is 0. The van der Waals surface area contributed by atoms with Crippen LogP contribution in [0, 0.1) is 6.92 Å². The Balaban J connectivity index is 1.54. The van der Waals surface area contributed by atoms with Gasteiger partial charge in [-0.15, -0.1) is 21.5 Å². The van der Waals surface area contributed by atoms with Crippen molar-refractivity contribution in [3.8, 4) is 10.8 Å². The normalized spacial score (nSPS) is 17.1. The van der Waals surface area contributed by atoms with Gasteiger partial charge in [-0.2, -0.15) is 0 Å². The van der Waals surface area contributed by atoms with Crippen LogP contribution in [-0.4, -0.2) is 46.8 Å². The van der Waals surface area contributed by atoms with Gasteiger partial charge in [0, 0.05) is 37.4 Å². The second-order valence-electron chi connectivity index (χ2n) is 6.39. The van der Waals surface area contributed by atoms with E-state index in [0.717, 1.165) is 37.3 Å². The van der Waals surface area contributed by atoms with Gasteiger partial charge in [-0.1, -0.05) is 6.92 Å².